The minimum Gasteiger partial charge on any atom is -0.481 e. The summed E-state index contributed by atoms with van der Waals surface area (Å²) in [5.74, 6) is -1.35. The van der Waals surface area contributed by atoms with E-state index in [4.69, 9.17) is 4.74 Å². The number of aliphatic carboxylic acids is 1. The third-order valence-electron chi connectivity index (χ3n) is 5.09. The number of nitrogens with one attached hydrogen (secondary N) is 1. The molecule has 1 unspecified atom stereocenters. The van der Waals surface area contributed by atoms with E-state index in [0.29, 0.717) is 5.69 Å². The van der Waals surface area contributed by atoms with Gasteiger partial charge < -0.3 is 15.2 Å². The van der Waals surface area contributed by atoms with E-state index < -0.39 is 11.5 Å². The number of aromatic nitrogens is 2. The Bertz CT molecular complexity index is 873. The fourth-order valence-corrected chi connectivity index (χ4v) is 3.80. The number of carboxylic acid groups (broad SMARTS) is 1. The fraction of sp³-hybridized carbons (Fsp3) is 0.476. The molecule has 7 heteroatoms. The van der Waals surface area contributed by atoms with Gasteiger partial charge >= 0.3 is 5.97 Å². The minimum absolute atomic E-state index is 0.103. The molecule has 0 saturated carbocycles. The predicted molar refractivity (Wildman–Crippen MR) is 105 cm³/mol. The van der Waals surface area contributed by atoms with Crippen LogP contribution in [0.15, 0.2) is 24.3 Å². The van der Waals surface area contributed by atoms with Crippen LogP contribution in [0, 0.1) is 6.92 Å². The number of carbonyl (C=O) groups is 2. The van der Waals surface area contributed by atoms with Crippen LogP contribution >= 0.6 is 0 Å². The highest BCUT2D eigenvalue weighted by molar-refractivity contribution is 5.95. The summed E-state index contributed by atoms with van der Waals surface area (Å²) in [6.07, 6.45) is 3.51. The van der Waals surface area contributed by atoms with Crippen LogP contribution in [0.1, 0.15) is 53.5 Å². The molecule has 2 aromatic rings. The summed E-state index contributed by atoms with van der Waals surface area (Å²) < 4.78 is 6.99. The van der Waals surface area contributed by atoms with Crippen LogP contribution in [0.4, 0.5) is 0 Å². The van der Waals surface area contributed by atoms with Crippen molar-refractivity contribution in [1.29, 1.82) is 0 Å². The van der Waals surface area contributed by atoms with Crippen molar-refractivity contribution in [2.75, 3.05) is 13.7 Å². The van der Waals surface area contributed by atoms with Crippen molar-refractivity contribution in [2.45, 2.75) is 51.5 Å². The van der Waals surface area contributed by atoms with Crippen molar-refractivity contribution in [2.24, 2.45) is 0 Å². The average molecular weight is 385 g/mol. The smallest absolute Gasteiger partial charge is 0.305 e. The summed E-state index contributed by atoms with van der Waals surface area (Å²) in [4.78, 5) is 24.3. The van der Waals surface area contributed by atoms with Gasteiger partial charge in [0.1, 0.15) is 0 Å². The molecule has 0 bridgehead atoms. The number of fused-ring (bicyclic) bond motifs is 1. The summed E-state index contributed by atoms with van der Waals surface area (Å²) >= 11 is 0. The quantitative estimate of drug-likeness (QED) is 0.764. The number of methoxy groups -OCH3 is 1. The molecule has 7 nitrogen and oxygen atoms in total. The molecule has 0 radical (unpaired) electrons. The summed E-state index contributed by atoms with van der Waals surface area (Å²) in [5, 5.41) is 16.7. The number of ether oxygens (including phenoxy) is 1. The summed E-state index contributed by atoms with van der Waals surface area (Å²) in [7, 11) is 1.49. The van der Waals surface area contributed by atoms with Crippen molar-refractivity contribution in [1.82, 2.24) is 15.1 Å². The van der Waals surface area contributed by atoms with Gasteiger partial charge in [0.25, 0.3) is 5.91 Å². The van der Waals surface area contributed by atoms with Crippen LogP contribution in [0.2, 0.25) is 0 Å². The molecule has 150 valence electrons. The second kappa shape index (κ2) is 8.14. The van der Waals surface area contributed by atoms with Gasteiger partial charge in [-0.1, -0.05) is 17.7 Å². The lowest BCUT2D eigenvalue weighted by atomic mass is 9.94. The molecule has 1 aliphatic carbocycles. The molecule has 1 heterocycles. The van der Waals surface area contributed by atoms with Crippen LogP contribution in [-0.4, -0.2) is 46.0 Å². The maximum Gasteiger partial charge on any atom is 0.305 e. The molecule has 0 spiro atoms. The van der Waals surface area contributed by atoms with E-state index in [9.17, 15) is 14.7 Å². The van der Waals surface area contributed by atoms with Crippen LogP contribution in [-0.2, 0) is 22.4 Å². The summed E-state index contributed by atoms with van der Waals surface area (Å²) in [6.45, 7) is 3.80. The van der Waals surface area contributed by atoms with Gasteiger partial charge in [-0.25, -0.2) is 4.68 Å². The number of hydrogen-bond donors (Lipinski definition) is 2. The number of carboxylic acids is 1. The fourth-order valence-electron chi connectivity index (χ4n) is 3.80. The SMILES string of the molecule is COCC(C)(CC(=O)O)NC(=O)c1nn(-c2ccc(C)cc2)c2c1CCCC2. The van der Waals surface area contributed by atoms with Gasteiger partial charge in [-0.15, -0.1) is 0 Å². The van der Waals surface area contributed by atoms with Gasteiger partial charge in [-0.3, -0.25) is 9.59 Å². The predicted octanol–water partition coefficient (Wildman–Crippen LogP) is 2.67. The number of hydrogen-bond acceptors (Lipinski definition) is 4. The minimum atomic E-state index is -1.01. The molecule has 0 fully saturated rings. The highest BCUT2D eigenvalue weighted by Crippen LogP contribution is 2.27. The van der Waals surface area contributed by atoms with E-state index >= 15 is 0 Å². The first kappa shape index (κ1) is 20.1. The van der Waals surface area contributed by atoms with Crippen molar-refractivity contribution in [3.8, 4) is 5.69 Å². The highest BCUT2D eigenvalue weighted by atomic mass is 16.5. The first-order valence-electron chi connectivity index (χ1n) is 9.54. The average Bonchev–Trinajstić information content (AvgIpc) is 3.01. The first-order valence-corrected chi connectivity index (χ1v) is 9.54. The lowest BCUT2D eigenvalue weighted by molar-refractivity contribution is -0.139. The Kier molecular flexibility index (Phi) is 5.84. The van der Waals surface area contributed by atoms with Gasteiger partial charge in [-0.05, 0) is 51.7 Å². The molecule has 1 aliphatic rings. The standard InChI is InChI=1S/C21H27N3O4/c1-14-8-10-15(11-9-14)24-17-7-5-4-6-16(17)19(23-24)20(27)22-21(2,13-28-3)12-18(25)26/h8-11H,4-7,12-13H2,1-3H3,(H,22,27)(H,25,26). The zero-order valence-corrected chi connectivity index (χ0v) is 16.6. The Morgan fingerprint density at radius 3 is 2.57 bits per heavy atom. The van der Waals surface area contributed by atoms with Crippen molar-refractivity contribution in [3.63, 3.8) is 0 Å². The second-order valence-corrected chi connectivity index (χ2v) is 7.75. The molecule has 2 N–H and O–H groups in total. The second-order valence-electron chi connectivity index (χ2n) is 7.75. The summed E-state index contributed by atoms with van der Waals surface area (Å²) in [5.41, 5.74) is 3.47. The third kappa shape index (κ3) is 4.25. The molecule has 3 rings (SSSR count). The van der Waals surface area contributed by atoms with E-state index in [1.165, 1.54) is 7.11 Å². The van der Waals surface area contributed by atoms with Crippen LogP contribution in [0.5, 0.6) is 0 Å². The molecule has 1 aromatic carbocycles. The Morgan fingerprint density at radius 2 is 1.93 bits per heavy atom. The van der Waals surface area contributed by atoms with Crippen molar-refractivity contribution in [3.05, 3.63) is 46.8 Å². The van der Waals surface area contributed by atoms with Gasteiger partial charge in [0.05, 0.1) is 24.3 Å². The molecule has 1 amide bonds. The molecule has 1 aromatic heterocycles. The van der Waals surface area contributed by atoms with Crippen molar-refractivity contribution >= 4 is 11.9 Å². The molecule has 0 aliphatic heterocycles. The van der Waals surface area contributed by atoms with Crippen LogP contribution in [0.3, 0.4) is 0 Å². The Hall–Kier alpha value is -2.67. The van der Waals surface area contributed by atoms with Crippen LogP contribution < -0.4 is 5.32 Å². The number of amides is 1. The Balaban J connectivity index is 1.96. The zero-order valence-electron chi connectivity index (χ0n) is 16.6. The molecule has 1 atom stereocenters. The first-order chi connectivity index (χ1) is 13.3. The van der Waals surface area contributed by atoms with E-state index in [1.807, 2.05) is 35.9 Å². The third-order valence-corrected chi connectivity index (χ3v) is 5.09. The van der Waals surface area contributed by atoms with Gasteiger partial charge in [0, 0.05) is 18.4 Å². The van der Waals surface area contributed by atoms with Gasteiger partial charge in [-0.2, -0.15) is 5.10 Å². The number of nitrogens with zero attached hydrogens (tertiary/aromatic N) is 2. The molecular formula is C21H27N3O4. The number of aryl methyl sites for hydroxylation is 1. The van der Waals surface area contributed by atoms with E-state index in [1.54, 1.807) is 6.92 Å². The molecular weight excluding hydrogens is 358 g/mol. The van der Waals surface area contributed by atoms with E-state index in [-0.39, 0.29) is 18.9 Å². The topological polar surface area (TPSA) is 93.4 Å². The maximum atomic E-state index is 13.1. The van der Waals surface area contributed by atoms with Crippen molar-refractivity contribution < 1.29 is 19.4 Å². The number of rotatable bonds is 7. The van der Waals surface area contributed by atoms with Gasteiger partial charge in [0.2, 0.25) is 0 Å². The normalized spacial score (nSPS) is 15.5. The largest absolute Gasteiger partial charge is 0.481 e. The highest BCUT2D eigenvalue weighted by Gasteiger charge is 2.33. The maximum absolute atomic E-state index is 13.1. The Morgan fingerprint density at radius 1 is 1.25 bits per heavy atom. The molecule has 28 heavy (non-hydrogen) atoms. The van der Waals surface area contributed by atoms with E-state index in [2.05, 4.69) is 10.4 Å². The molecule has 0 saturated heterocycles. The zero-order chi connectivity index (χ0) is 20.3. The lowest BCUT2D eigenvalue weighted by Crippen LogP contribution is -2.51. The number of benzene rings is 1. The Labute approximate surface area is 164 Å². The van der Waals surface area contributed by atoms with Crippen LogP contribution in [0.25, 0.3) is 5.69 Å². The monoisotopic (exact) mass is 385 g/mol. The van der Waals surface area contributed by atoms with E-state index in [0.717, 1.165) is 48.2 Å². The lowest BCUT2D eigenvalue weighted by Gasteiger charge is -2.28. The van der Waals surface area contributed by atoms with Gasteiger partial charge in [0.15, 0.2) is 5.69 Å². The number of carbonyl (C=O) groups excluding carboxylic acids is 1. The summed E-state index contributed by atoms with van der Waals surface area (Å²) in [6, 6.07) is 8.04.